The number of unbranched alkanes of at least 4 members (excludes halogenated alkanes) is 23. The molecule has 9 N–H and O–H groups in total. The van der Waals surface area contributed by atoms with E-state index in [1.165, 1.54) is 116 Å². The summed E-state index contributed by atoms with van der Waals surface area (Å²) in [5, 5.41) is 87.2. The Balaban J connectivity index is 1.77. The van der Waals surface area contributed by atoms with E-state index in [1.54, 1.807) is 6.08 Å². The van der Waals surface area contributed by atoms with Gasteiger partial charge < -0.3 is 65.1 Å². The summed E-state index contributed by atoms with van der Waals surface area (Å²) in [7, 11) is 0. The van der Waals surface area contributed by atoms with Crippen molar-refractivity contribution in [1.29, 1.82) is 0 Å². The summed E-state index contributed by atoms with van der Waals surface area (Å²) < 4.78 is 22.8. The molecule has 12 unspecified atom stereocenters. The van der Waals surface area contributed by atoms with Crippen LogP contribution in [0.2, 0.25) is 0 Å². The lowest BCUT2D eigenvalue weighted by atomic mass is 9.97. The third kappa shape index (κ3) is 33.8. The number of aliphatic hydroxyl groups excluding tert-OH is 8. The molecule has 2 rings (SSSR count). The fourth-order valence-corrected chi connectivity index (χ4v) is 9.63. The van der Waals surface area contributed by atoms with Crippen LogP contribution >= 0.6 is 0 Å². The summed E-state index contributed by atoms with van der Waals surface area (Å²) in [5.41, 5.74) is 0. The van der Waals surface area contributed by atoms with Crippen molar-refractivity contribution >= 4 is 5.91 Å². The molecular formula is C64H111NO13. The number of nitrogens with one attached hydrogen (secondary N) is 1. The second-order valence-electron chi connectivity index (χ2n) is 21.4. The van der Waals surface area contributed by atoms with E-state index in [2.05, 4.69) is 92.1 Å². The highest BCUT2D eigenvalue weighted by molar-refractivity contribution is 5.76. The topological polar surface area (TPSA) is 228 Å². The maximum atomic E-state index is 13.3. The van der Waals surface area contributed by atoms with Crippen LogP contribution in [0.1, 0.15) is 219 Å². The van der Waals surface area contributed by atoms with Gasteiger partial charge in [0.15, 0.2) is 12.6 Å². The predicted molar refractivity (Wildman–Crippen MR) is 313 cm³/mol. The van der Waals surface area contributed by atoms with Gasteiger partial charge in [0.1, 0.15) is 48.8 Å². The van der Waals surface area contributed by atoms with E-state index >= 15 is 0 Å². The van der Waals surface area contributed by atoms with Gasteiger partial charge in [-0.05, 0) is 77.0 Å². The molecule has 450 valence electrons. The standard InChI is InChI=1S/C64H111NO13/c1-3-5-7-9-11-13-15-17-19-21-23-24-25-26-27-28-30-32-34-36-38-40-42-44-46-48-56(69)65-52(53(68)47-45-43-41-39-37-35-33-31-29-22-20-18-16-14-12-10-8-6-4-2)51-75-63-61(74)59(72)62(55(50-67)77-63)78-64-60(73)58(71)57(70)54(49-66)76-64/h5,7,11,13,17,19,23-24,26-27,37,39,45,47,52-55,57-64,66-68,70-74H,3-4,6,8-10,12,14-16,18,20-22,25,28-36,38,40-44,46,48-51H2,1-2H3,(H,65,69)/b7-5-,13-11-,19-17-,24-23-,27-26-,39-37+,47-45+. The lowest BCUT2D eigenvalue weighted by Gasteiger charge is -2.46. The molecule has 0 bridgehead atoms. The van der Waals surface area contributed by atoms with Gasteiger partial charge in [-0.2, -0.15) is 0 Å². The van der Waals surface area contributed by atoms with Crippen molar-refractivity contribution < 1.29 is 64.6 Å². The molecule has 2 saturated heterocycles. The third-order valence-corrected chi connectivity index (χ3v) is 14.6. The monoisotopic (exact) mass is 1100 g/mol. The van der Waals surface area contributed by atoms with Crippen molar-refractivity contribution in [3.63, 3.8) is 0 Å². The van der Waals surface area contributed by atoms with Crippen LogP contribution in [0.5, 0.6) is 0 Å². The van der Waals surface area contributed by atoms with Gasteiger partial charge >= 0.3 is 0 Å². The molecule has 14 heteroatoms. The molecule has 0 saturated carbocycles. The van der Waals surface area contributed by atoms with E-state index < -0.39 is 86.8 Å². The Labute approximate surface area is 471 Å². The Morgan fingerprint density at radius 2 is 0.897 bits per heavy atom. The van der Waals surface area contributed by atoms with Crippen molar-refractivity contribution in [2.75, 3.05) is 19.8 Å². The van der Waals surface area contributed by atoms with Gasteiger partial charge in [0.2, 0.25) is 5.91 Å². The largest absolute Gasteiger partial charge is 0.394 e. The first-order valence-corrected chi connectivity index (χ1v) is 30.8. The van der Waals surface area contributed by atoms with Crippen molar-refractivity contribution in [2.24, 2.45) is 0 Å². The molecule has 2 aliphatic heterocycles. The molecule has 0 aromatic carbocycles. The molecular weight excluding hydrogens is 991 g/mol. The Morgan fingerprint density at radius 1 is 0.474 bits per heavy atom. The lowest BCUT2D eigenvalue weighted by Crippen LogP contribution is -2.65. The average Bonchev–Trinajstić information content (AvgIpc) is 3.44. The molecule has 2 aliphatic rings. The number of hydrogen-bond acceptors (Lipinski definition) is 13. The fraction of sp³-hybridized carbons (Fsp3) is 0.766. The summed E-state index contributed by atoms with van der Waals surface area (Å²) >= 11 is 0. The highest BCUT2D eigenvalue weighted by Gasteiger charge is 2.51. The van der Waals surface area contributed by atoms with Gasteiger partial charge in [0.05, 0.1) is 32.0 Å². The Morgan fingerprint density at radius 3 is 1.41 bits per heavy atom. The van der Waals surface area contributed by atoms with Gasteiger partial charge in [0, 0.05) is 6.42 Å². The van der Waals surface area contributed by atoms with Crippen molar-refractivity contribution in [1.82, 2.24) is 5.32 Å². The molecule has 0 radical (unpaired) electrons. The number of ether oxygens (including phenoxy) is 4. The van der Waals surface area contributed by atoms with E-state index in [1.807, 2.05) is 6.08 Å². The quantitative estimate of drug-likeness (QED) is 0.0204. The van der Waals surface area contributed by atoms with Gasteiger partial charge in [-0.3, -0.25) is 4.79 Å². The average molecular weight is 1100 g/mol. The van der Waals surface area contributed by atoms with Gasteiger partial charge in [0.25, 0.3) is 0 Å². The van der Waals surface area contributed by atoms with Crippen molar-refractivity contribution in [2.45, 2.75) is 293 Å². The van der Waals surface area contributed by atoms with E-state index in [4.69, 9.17) is 18.9 Å². The zero-order chi connectivity index (χ0) is 56.7. The number of allylic oxidation sites excluding steroid dienone is 13. The highest BCUT2D eigenvalue weighted by atomic mass is 16.7. The molecule has 0 spiro atoms. The van der Waals surface area contributed by atoms with E-state index in [9.17, 15) is 45.6 Å². The highest BCUT2D eigenvalue weighted by Crippen LogP contribution is 2.30. The van der Waals surface area contributed by atoms with Crippen LogP contribution in [-0.4, -0.2) is 140 Å². The molecule has 1 amide bonds. The third-order valence-electron chi connectivity index (χ3n) is 14.6. The van der Waals surface area contributed by atoms with Crippen molar-refractivity contribution in [3.05, 3.63) is 85.1 Å². The summed E-state index contributed by atoms with van der Waals surface area (Å²) in [5.74, 6) is -0.258. The van der Waals surface area contributed by atoms with Crippen LogP contribution in [-0.2, 0) is 23.7 Å². The van der Waals surface area contributed by atoms with Gasteiger partial charge in [-0.1, -0.05) is 221 Å². The van der Waals surface area contributed by atoms with Crippen LogP contribution < -0.4 is 5.32 Å². The SMILES string of the molecule is CC/C=C\C/C=C\C/C=C\C/C=C\C/C=C\CCCCCCCCCCCC(=O)NC(COC1OC(CO)C(OC2OC(CO)C(O)C(O)C2O)C(O)C1O)C(O)/C=C/CC/C=C/CCCCCCCCCCCCCCC. The summed E-state index contributed by atoms with van der Waals surface area (Å²) in [6, 6.07) is -0.940. The second kappa shape index (κ2) is 48.8. The van der Waals surface area contributed by atoms with Gasteiger partial charge in [-0.15, -0.1) is 0 Å². The minimum absolute atomic E-state index is 0.258. The summed E-state index contributed by atoms with van der Waals surface area (Å²) in [6.07, 6.45) is 49.0. The van der Waals surface area contributed by atoms with Crippen LogP contribution in [0.25, 0.3) is 0 Å². The van der Waals surface area contributed by atoms with Crippen LogP contribution in [0, 0.1) is 0 Å². The van der Waals surface area contributed by atoms with Crippen LogP contribution in [0.4, 0.5) is 0 Å². The molecule has 14 nitrogen and oxygen atoms in total. The molecule has 12 atom stereocenters. The second-order valence-corrected chi connectivity index (χ2v) is 21.4. The number of hydrogen-bond donors (Lipinski definition) is 9. The summed E-state index contributed by atoms with van der Waals surface area (Å²) in [6.45, 7) is 2.66. The molecule has 0 aromatic heterocycles. The Hall–Kier alpha value is -2.83. The van der Waals surface area contributed by atoms with Crippen molar-refractivity contribution in [3.8, 4) is 0 Å². The zero-order valence-corrected chi connectivity index (χ0v) is 48.4. The van der Waals surface area contributed by atoms with Gasteiger partial charge in [-0.25, -0.2) is 0 Å². The first-order chi connectivity index (χ1) is 38.1. The maximum absolute atomic E-state index is 13.3. The number of amides is 1. The minimum atomic E-state index is -1.80. The van der Waals surface area contributed by atoms with E-state index in [-0.39, 0.29) is 18.9 Å². The smallest absolute Gasteiger partial charge is 0.220 e. The number of rotatable bonds is 48. The normalized spacial score (nSPS) is 25.2. The number of aliphatic hydroxyl groups is 8. The Bertz CT molecular complexity index is 1630. The minimum Gasteiger partial charge on any atom is -0.394 e. The first kappa shape index (κ1) is 71.3. The zero-order valence-electron chi connectivity index (χ0n) is 48.4. The molecule has 2 fully saturated rings. The van der Waals surface area contributed by atoms with Crippen LogP contribution in [0.3, 0.4) is 0 Å². The van der Waals surface area contributed by atoms with E-state index in [0.717, 1.165) is 70.6 Å². The summed E-state index contributed by atoms with van der Waals surface area (Å²) in [4.78, 5) is 13.3. The number of carbonyl (C=O) groups excluding carboxylic acids is 1. The predicted octanol–water partition coefficient (Wildman–Crippen LogP) is 10.9. The Kier molecular flexibility index (Phi) is 44.6. The molecule has 0 aromatic rings. The fourth-order valence-electron chi connectivity index (χ4n) is 9.63. The molecule has 2 heterocycles. The lowest BCUT2D eigenvalue weighted by molar-refractivity contribution is -0.359. The molecule has 78 heavy (non-hydrogen) atoms. The maximum Gasteiger partial charge on any atom is 0.220 e. The van der Waals surface area contributed by atoms with Crippen LogP contribution in [0.15, 0.2) is 85.1 Å². The van der Waals surface area contributed by atoms with E-state index in [0.29, 0.717) is 12.8 Å². The number of carbonyl (C=O) groups is 1. The molecule has 0 aliphatic carbocycles. The first-order valence-electron chi connectivity index (χ1n) is 30.8.